The number of carbonyl (C=O) groups excluding carboxylic acids is 5. The maximum absolute atomic E-state index is 13.6. The third-order valence-electron chi connectivity index (χ3n) is 5.93. The maximum atomic E-state index is 13.6. The largest absolute Gasteiger partial charge is 0.444 e. The van der Waals surface area contributed by atoms with Crippen molar-refractivity contribution in [3.8, 4) is 0 Å². The van der Waals surface area contributed by atoms with Crippen LogP contribution in [-0.4, -0.2) is 69.9 Å². The summed E-state index contributed by atoms with van der Waals surface area (Å²) in [5, 5.41) is 7.77. The highest BCUT2D eigenvalue weighted by atomic mass is 16.6. The van der Waals surface area contributed by atoms with Crippen molar-refractivity contribution >= 4 is 29.7 Å². The molecular formula is C25H37N5O6. The van der Waals surface area contributed by atoms with Gasteiger partial charge in [-0.2, -0.15) is 0 Å². The molecule has 0 unspecified atom stereocenters. The average Bonchev–Trinajstić information content (AvgIpc) is 2.75. The number of ether oxygens (including phenoxy) is 1. The van der Waals surface area contributed by atoms with Gasteiger partial charge in [-0.3, -0.25) is 19.2 Å². The number of likely N-dealkylation sites (tertiary alicyclic amines) is 1. The van der Waals surface area contributed by atoms with Crippen LogP contribution < -0.4 is 21.7 Å². The number of hydrogen-bond donors (Lipinski definition) is 4. The zero-order valence-corrected chi connectivity index (χ0v) is 21.9. The van der Waals surface area contributed by atoms with E-state index >= 15 is 0 Å². The maximum Gasteiger partial charge on any atom is 0.408 e. The zero-order valence-electron chi connectivity index (χ0n) is 21.9. The fraction of sp³-hybridized carbons (Fsp3) is 0.560. The van der Waals surface area contributed by atoms with Crippen molar-refractivity contribution in [1.82, 2.24) is 20.9 Å². The summed E-state index contributed by atoms with van der Waals surface area (Å²) in [6.45, 7) is 11.2. The number of amides is 5. The molecule has 5 N–H and O–H groups in total. The Labute approximate surface area is 211 Å². The average molecular weight is 504 g/mol. The van der Waals surface area contributed by atoms with Crippen molar-refractivity contribution < 1.29 is 28.7 Å². The highest BCUT2D eigenvalue weighted by Crippen LogP contribution is 2.34. The van der Waals surface area contributed by atoms with Gasteiger partial charge in [-0.05, 0) is 54.0 Å². The Kier molecular flexibility index (Phi) is 8.38. The predicted octanol–water partition coefficient (Wildman–Crippen LogP) is 0.608. The molecule has 0 radical (unpaired) electrons. The number of nitrogens with zero attached hydrogens (tertiary/aromatic N) is 1. The number of primary amides is 1. The highest BCUT2D eigenvalue weighted by molar-refractivity contribution is 6.02. The number of β-lactam (4-membered cyclic amide) rings is 1. The molecule has 3 atom stereocenters. The molecule has 1 aliphatic rings. The van der Waals surface area contributed by atoms with Gasteiger partial charge in [-0.15, -0.1) is 0 Å². The predicted molar refractivity (Wildman–Crippen MR) is 132 cm³/mol. The highest BCUT2D eigenvalue weighted by Gasteiger charge is 2.59. The number of carbonyl (C=O) groups is 5. The molecular weight excluding hydrogens is 466 g/mol. The first kappa shape index (κ1) is 28.6. The Bertz CT molecular complexity index is 1020. The molecule has 198 valence electrons. The van der Waals surface area contributed by atoms with Crippen molar-refractivity contribution in [2.75, 3.05) is 6.54 Å². The summed E-state index contributed by atoms with van der Waals surface area (Å²) in [5.41, 5.74) is 2.67. The second kappa shape index (κ2) is 10.5. The summed E-state index contributed by atoms with van der Waals surface area (Å²) < 4.78 is 5.20. The first-order valence-corrected chi connectivity index (χ1v) is 11.8. The van der Waals surface area contributed by atoms with Gasteiger partial charge in [0.25, 0.3) is 5.91 Å². The van der Waals surface area contributed by atoms with E-state index in [2.05, 4.69) is 16.0 Å². The molecule has 1 saturated heterocycles. The number of alkyl carbamates (subject to hydrolysis) is 1. The molecule has 0 saturated carbocycles. The molecule has 1 aliphatic heterocycles. The number of rotatable bonds is 9. The fourth-order valence-electron chi connectivity index (χ4n) is 3.70. The van der Waals surface area contributed by atoms with Crippen LogP contribution in [0, 0.1) is 0 Å². The molecule has 0 aromatic heterocycles. The third-order valence-corrected chi connectivity index (χ3v) is 5.93. The lowest BCUT2D eigenvalue weighted by Gasteiger charge is -2.55. The van der Waals surface area contributed by atoms with Gasteiger partial charge < -0.3 is 31.3 Å². The summed E-state index contributed by atoms with van der Waals surface area (Å²) in [4.78, 5) is 64.2. The van der Waals surface area contributed by atoms with Crippen molar-refractivity contribution in [3.63, 3.8) is 0 Å². The van der Waals surface area contributed by atoms with Crippen LogP contribution >= 0.6 is 0 Å². The van der Waals surface area contributed by atoms with Crippen molar-refractivity contribution in [3.05, 3.63) is 35.9 Å². The number of hydrogen-bond acceptors (Lipinski definition) is 6. The number of benzene rings is 1. The van der Waals surface area contributed by atoms with Crippen LogP contribution in [0.2, 0.25) is 0 Å². The summed E-state index contributed by atoms with van der Waals surface area (Å²) in [6.07, 6.45) is -0.575. The molecule has 36 heavy (non-hydrogen) atoms. The minimum absolute atomic E-state index is 0.0387. The molecule has 1 aromatic rings. The van der Waals surface area contributed by atoms with Gasteiger partial charge in [-0.25, -0.2) is 4.79 Å². The Morgan fingerprint density at radius 3 is 2.11 bits per heavy atom. The van der Waals surface area contributed by atoms with Crippen molar-refractivity contribution in [2.24, 2.45) is 5.73 Å². The lowest BCUT2D eigenvalue weighted by molar-refractivity contribution is -0.169. The van der Waals surface area contributed by atoms with Gasteiger partial charge in [0.1, 0.15) is 28.8 Å². The van der Waals surface area contributed by atoms with Gasteiger partial charge >= 0.3 is 6.09 Å². The van der Waals surface area contributed by atoms with E-state index in [0.717, 1.165) is 5.56 Å². The van der Waals surface area contributed by atoms with Crippen LogP contribution in [-0.2, 0) is 30.3 Å². The van der Waals surface area contributed by atoms with Crippen LogP contribution in [0.3, 0.4) is 0 Å². The topological polar surface area (TPSA) is 160 Å². The molecule has 11 nitrogen and oxygen atoms in total. The van der Waals surface area contributed by atoms with E-state index in [1.54, 1.807) is 34.6 Å². The molecule has 0 aliphatic carbocycles. The molecule has 0 bridgehead atoms. The smallest absolute Gasteiger partial charge is 0.408 e. The third kappa shape index (κ3) is 6.73. The summed E-state index contributed by atoms with van der Waals surface area (Å²) >= 11 is 0. The minimum atomic E-state index is -1.32. The van der Waals surface area contributed by atoms with Gasteiger partial charge in [-0.1, -0.05) is 30.3 Å². The Morgan fingerprint density at radius 2 is 1.61 bits per heavy atom. The Morgan fingerprint density at radius 1 is 1.03 bits per heavy atom. The molecule has 1 heterocycles. The molecule has 0 spiro atoms. The summed E-state index contributed by atoms with van der Waals surface area (Å²) in [6, 6.07) is 7.24. The van der Waals surface area contributed by atoms with E-state index in [4.69, 9.17) is 10.5 Å². The van der Waals surface area contributed by atoms with Gasteiger partial charge in [0, 0.05) is 6.42 Å². The van der Waals surface area contributed by atoms with Crippen molar-refractivity contribution in [2.45, 2.75) is 83.6 Å². The van der Waals surface area contributed by atoms with Gasteiger partial charge in [0.2, 0.25) is 17.7 Å². The Hall–Kier alpha value is -3.63. The van der Waals surface area contributed by atoms with E-state index in [1.165, 1.54) is 18.7 Å². The van der Waals surface area contributed by atoms with Crippen LogP contribution in [0.1, 0.15) is 54.0 Å². The van der Waals surface area contributed by atoms with Gasteiger partial charge in [0.05, 0.1) is 6.54 Å². The molecule has 5 amide bonds. The van der Waals surface area contributed by atoms with Crippen molar-refractivity contribution in [1.29, 1.82) is 0 Å². The lowest BCUT2D eigenvalue weighted by Crippen LogP contribution is -2.81. The summed E-state index contributed by atoms with van der Waals surface area (Å²) in [7, 11) is 0. The minimum Gasteiger partial charge on any atom is -0.444 e. The summed E-state index contributed by atoms with van der Waals surface area (Å²) in [5.74, 6) is -2.29. The number of nitrogens with one attached hydrogen (secondary N) is 3. The molecule has 1 aromatic carbocycles. The normalized spacial score (nSPS) is 19.4. The number of nitrogens with two attached hydrogens (primary N) is 1. The van der Waals surface area contributed by atoms with E-state index in [0.29, 0.717) is 0 Å². The van der Waals surface area contributed by atoms with Crippen LogP contribution in [0.25, 0.3) is 0 Å². The second-order valence-electron chi connectivity index (χ2n) is 10.6. The molecule has 11 heteroatoms. The monoisotopic (exact) mass is 503 g/mol. The Balaban J connectivity index is 2.22. The molecule has 1 fully saturated rings. The van der Waals surface area contributed by atoms with E-state index in [-0.39, 0.29) is 13.0 Å². The standard InChI is InChI=1S/C25H37N5O6/c1-15(18(26)31)27-20(33)24(6,7)30-14-25(21(30)34,13-17-11-9-8-10-12-17)29-19(32)16(2)28-22(35)36-23(3,4)5/h8-12,15-16H,13-14H2,1-7H3,(H2,26,31)(H,27,33)(H,28,35)(H,29,32)/t15-,16+,25-/m1/s1. The fourth-order valence-corrected chi connectivity index (χ4v) is 3.70. The molecule has 2 rings (SSSR count). The van der Waals surface area contributed by atoms with Crippen LogP contribution in [0.15, 0.2) is 30.3 Å². The van der Waals surface area contributed by atoms with Crippen LogP contribution in [0.5, 0.6) is 0 Å². The first-order valence-electron chi connectivity index (χ1n) is 11.8. The SMILES string of the molecule is C[C@H](NC(=O)OC(C)(C)C)C(=O)N[C@]1(Cc2ccccc2)CN(C(C)(C)C(=O)N[C@H](C)C(N)=O)C1=O. The quantitative estimate of drug-likeness (QED) is 0.361. The van der Waals surface area contributed by atoms with E-state index in [1.807, 2.05) is 30.3 Å². The van der Waals surface area contributed by atoms with E-state index in [9.17, 15) is 24.0 Å². The van der Waals surface area contributed by atoms with E-state index < -0.39 is 58.5 Å². The van der Waals surface area contributed by atoms with Crippen LogP contribution in [0.4, 0.5) is 4.79 Å². The lowest BCUT2D eigenvalue weighted by atomic mass is 9.78. The second-order valence-corrected chi connectivity index (χ2v) is 10.6. The first-order chi connectivity index (χ1) is 16.5. The zero-order chi connectivity index (χ0) is 27.5. The van der Waals surface area contributed by atoms with Gasteiger partial charge in [0.15, 0.2) is 0 Å².